The number of nitrogens with one attached hydrogen (secondary N) is 1. The molecule has 0 saturated heterocycles. The molecule has 0 aliphatic heterocycles. The average Bonchev–Trinajstić information content (AvgIpc) is 2.53. The van der Waals surface area contributed by atoms with Crippen LogP contribution in [0.4, 0.5) is 0 Å². The summed E-state index contributed by atoms with van der Waals surface area (Å²) in [7, 11) is -3.51. The van der Waals surface area contributed by atoms with E-state index in [1.54, 1.807) is 24.3 Å². The molecule has 2 atom stereocenters. The van der Waals surface area contributed by atoms with Gasteiger partial charge in [0.05, 0.1) is 11.5 Å². The van der Waals surface area contributed by atoms with Gasteiger partial charge in [-0.1, -0.05) is 26.7 Å². The van der Waals surface area contributed by atoms with E-state index < -0.39 is 10.0 Å². The Morgan fingerprint density at radius 1 is 1.22 bits per heavy atom. The van der Waals surface area contributed by atoms with Gasteiger partial charge in [0.2, 0.25) is 10.0 Å². The summed E-state index contributed by atoms with van der Waals surface area (Å²) < 4.78 is 33.5. The van der Waals surface area contributed by atoms with E-state index >= 15 is 0 Å². The molecule has 130 valence electrons. The Morgan fingerprint density at radius 3 is 2.48 bits per heavy atom. The molecule has 6 heteroatoms. The second-order valence-corrected chi connectivity index (χ2v) is 8.40. The Morgan fingerprint density at radius 2 is 1.87 bits per heavy atom. The van der Waals surface area contributed by atoms with Gasteiger partial charge >= 0.3 is 0 Å². The number of hydrogen-bond donors (Lipinski definition) is 2. The van der Waals surface area contributed by atoms with Crippen LogP contribution in [0.2, 0.25) is 0 Å². The van der Waals surface area contributed by atoms with Gasteiger partial charge in [-0.2, -0.15) is 0 Å². The number of rotatable bonds is 7. The highest BCUT2D eigenvalue weighted by atomic mass is 32.2. The van der Waals surface area contributed by atoms with E-state index in [2.05, 4.69) is 18.6 Å². The summed E-state index contributed by atoms with van der Waals surface area (Å²) in [6, 6.07) is 6.54. The molecule has 0 amide bonds. The van der Waals surface area contributed by atoms with Crippen molar-refractivity contribution in [3.05, 3.63) is 24.3 Å². The number of hydrogen-bond acceptors (Lipinski definition) is 4. The van der Waals surface area contributed by atoms with E-state index in [4.69, 9.17) is 10.5 Å². The SMILES string of the molecule is CC(C)COc1ccc(S(=O)(=O)NC2CCCCC2CN)cc1. The highest BCUT2D eigenvalue weighted by Crippen LogP contribution is 2.25. The van der Waals surface area contributed by atoms with Gasteiger partial charge in [-0.3, -0.25) is 0 Å². The highest BCUT2D eigenvalue weighted by molar-refractivity contribution is 7.89. The first-order valence-corrected chi connectivity index (χ1v) is 9.86. The van der Waals surface area contributed by atoms with Gasteiger partial charge in [0.1, 0.15) is 5.75 Å². The normalized spacial score (nSPS) is 22.3. The minimum atomic E-state index is -3.51. The van der Waals surface area contributed by atoms with Crippen LogP contribution in [0.3, 0.4) is 0 Å². The summed E-state index contributed by atoms with van der Waals surface area (Å²) in [5.41, 5.74) is 5.78. The van der Waals surface area contributed by atoms with Gasteiger partial charge in [0.15, 0.2) is 0 Å². The maximum absolute atomic E-state index is 12.5. The maximum Gasteiger partial charge on any atom is 0.240 e. The molecule has 2 unspecified atom stereocenters. The lowest BCUT2D eigenvalue weighted by Crippen LogP contribution is -2.44. The van der Waals surface area contributed by atoms with Gasteiger partial charge < -0.3 is 10.5 Å². The van der Waals surface area contributed by atoms with Crippen LogP contribution in [0.25, 0.3) is 0 Å². The number of benzene rings is 1. The van der Waals surface area contributed by atoms with Crippen molar-refractivity contribution in [2.75, 3.05) is 13.2 Å². The first-order valence-electron chi connectivity index (χ1n) is 8.37. The van der Waals surface area contributed by atoms with Crippen molar-refractivity contribution in [2.24, 2.45) is 17.6 Å². The summed E-state index contributed by atoms with van der Waals surface area (Å²) in [6.45, 7) is 5.28. The third-order valence-electron chi connectivity index (χ3n) is 4.24. The van der Waals surface area contributed by atoms with Crippen molar-refractivity contribution >= 4 is 10.0 Å². The third-order valence-corrected chi connectivity index (χ3v) is 5.74. The largest absolute Gasteiger partial charge is 0.493 e. The van der Waals surface area contributed by atoms with Gasteiger partial charge in [0, 0.05) is 6.04 Å². The lowest BCUT2D eigenvalue weighted by Gasteiger charge is -2.31. The maximum atomic E-state index is 12.5. The predicted octanol–water partition coefficient (Wildman–Crippen LogP) is 2.52. The Hall–Kier alpha value is -1.11. The predicted molar refractivity (Wildman–Crippen MR) is 91.9 cm³/mol. The summed E-state index contributed by atoms with van der Waals surface area (Å²) in [4.78, 5) is 0.274. The zero-order chi connectivity index (χ0) is 16.9. The highest BCUT2D eigenvalue weighted by Gasteiger charge is 2.28. The zero-order valence-electron chi connectivity index (χ0n) is 14.0. The summed E-state index contributed by atoms with van der Waals surface area (Å²) in [5.74, 6) is 1.35. The molecule has 0 heterocycles. The molecule has 0 aromatic heterocycles. The summed E-state index contributed by atoms with van der Waals surface area (Å²) in [5, 5.41) is 0. The van der Waals surface area contributed by atoms with Crippen LogP contribution >= 0.6 is 0 Å². The van der Waals surface area contributed by atoms with Crippen LogP contribution in [0.5, 0.6) is 5.75 Å². The van der Waals surface area contributed by atoms with Gasteiger partial charge in [-0.25, -0.2) is 13.1 Å². The Balaban J connectivity index is 2.04. The standard InChI is InChI=1S/C17H28N2O3S/c1-13(2)12-22-15-7-9-16(10-8-15)23(20,21)19-17-6-4-3-5-14(17)11-18/h7-10,13-14,17,19H,3-6,11-12,18H2,1-2H3. The van der Waals surface area contributed by atoms with Crippen molar-refractivity contribution in [1.82, 2.24) is 4.72 Å². The molecule has 1 aromatic carbocycles. The Labute approximate surface area is 139 Å². The molecule has 3 N–H and O–H groups in total. The van der Waals surface area contributed by atoms with Crippen LogP contribution in [0.15, 0.2) is 29.2 Å². The molecule has 1 aromatic rings. The molecule has 0 bridgehead atoms. The molecule has 5 nitrogen and oxygen atoms in total. The molecule has 1 fully saturated rings. The number of sulfonamides is 1. The molecule has 0 radical (unpaired) electrons. The molecular weight excluding hydrogens is 312 g/mol. The summed E-state index contributed by atoms with van der Waals surface area (Å²) in [6.07, 6.45) is 4.02. The second kappa shape index (κ2) is 8.13. The number of ether oxygens (including phenoxy) is 1. The molecule has 23 heavy (non-hydrogen) atoms. The van der Waals surface area contributed by atoms with Crippen LogP contribution in [-0.4, -0.2) is 27.6 Å². The van der Waals surface area contributed by atoms with Gasteiger partial charge in [-0.15, -0.1) is 0 Å². The van der Waals surface area contributed by atoms with Crippen molar-refractivity contribution in [3.8, 4) is 5.75 Å². The van der Waals surface area contributed by atoms with Crippen LogP contribution < -0.4 is 15.2 Å². The van der Waals surface area contributed by atoms with Crippen molar-refractivity contribution < 1.29 is 13.2 Å². The molecule has 1 aliphatic rings. The fourth-order valence-corrected chi connectivity index (χ4v) is 4.23. The van der Waals surface area contributed by atoms with Crippen LogP contribution in [0, 0.1) is 11.8 Å². The first-order chi connectivity index (χ1) is 10.9. The van der Waals surface area contributed by atoms with E-state index in [1.165, 1.54) is 0 Å². The summed E-state index contributed by atoms with van der Waals surface area (Å²) >= 11 is 0. The fraction of sp³-hybridized carbons (Fsp3) is 0.647. The lowest BCUT2D eigenvalue weighted by molar-refractivity contribution is 0.271. The van der Waals surface area contributed by atoms with E-state index in [-0.39, 0.29) is 16.9 Å². The number of nitrogens with two attached hydrogens (primary N) is 1. The average molecular weight is 340 g/mol. The molecule has 2 rings (SSSR count). The van der Waals surface area contributed by atoms with Crippen LogP contribution in [-0.2, 0) is 10.0 Å². The van der Waals surface area contributed by atoms with Gasteiger partial charge in [-0.05, 0) is 55.5 Å². The quantitative estimate of drug-likeness (QED) is 0.799. The minimum absolute atomic E-state index is 0.0596. The van der Waals surface area contributed by atoms with Gasteiger partial charge in [0.25, 0.3) is 0 Å². The lowest BCUT2D eigenvalue weighted by atomic mass is 9.85. The smallest absolute Gasteiger partial charge is 0.240 e. The second-order valence-electron chi connectivity index (χ2n) is 6.68. The van der Waals surface area contributed by atoms with Crippen LogP contribution in [0.1, 0.15) is 39.5 Å². The van der Waals surface area contributed by atoms with E-state index in [1.807, 2.05) is 0 Å². The third kappa shape index (κ3) is 5.19. The molecule has 1 aliphatic carbocycles. The van der Waals surface area contributed by atoms with E-state index in [0.717, 1.165) is 25.7 Å². The first kappa shape index (κ1) is 18.2. The zero-order valence-corrected chi connectivity index (χ0v) is 14.8. The van der Waals surface area contributed by atoms with Crippen molar-refractivity contribution in [3.63, 3.8) is 0 Å². The topological polar surface area (TPSA) is 81.4 Å². The Kier molecular flexibility index (Phi) is 6.44. The minimum Gasteiger partial charge on any atom is -0.493 e. The molecular formula is C17H28N2O3S. The van der Waals surface area contributed by atoms with E-state index in [0.29, 0.717) is 24.8 Å². The molecule has 1 saturated carbocycles. The fourth-order valence-electron chi connectivity index (χ4n) is 2.89. The Bertz CT molecular complexity index is 584. The van der Waals surface area contributed by atoms with Crippen molar-refractivity contribution in [1.29, 1.82) is 0 Å². The van der Waals surface area contributed by atoms with E-state index in [9.17, 15) is 8.42 Å². The molecule has 0 spiro atoms. The monoisotopic (exact) mass is 340 g/mol. The van der Waals surface area contributed by atoms with Crippen molar-refractivity contribution in [2.45, 2.75) is 50.5 Å².